The molecule has 0 saturated carbocycles. The van der Waals surface area contributed by atoms with E-state index < -0.39 is 0 Å². The van der Waals surface area contributed by atoms with Crippen molar-refractivity contribution in [3.8, 4) is 11.4 Å². The zero-order chi connectivity index (χ0) is 17.1. The van der Waals surface area contributed by atoms with Crippen molar-refractivity contribution in [2.24, 2.45) is 0 Å². The summed E-state index contributed by atoms with van der Waals surface area (Å²) in [7, 11) is 0. The van der Waals surface area contributed by atoms with Gasteiger partial charge < -0.3 is 10.2 Å². The molecule has 6 heteroatoms. The lowest BCUT2D eigenvalue weighted by Gasteiger charge is -2.29. The van der Waals surface area contributed by atoms with Gasteiger partial charge >= 0.3 is 6.03 Å². The minimum Gasteiger partial charge on any atom is -0.336 e. The van der Waals surface area contributed by atoms with Gasteiger partial charge in [-0.05, 0) is 37.6 Å². The molecule has 1 atom stereocenters. The number of nitrogens with zero attached hydrogens (tertiary/aromatic N) is 3. The first-order valence-electron chi connectivity index (χ1n) is 8.23. The molecular formula is C18H21FN4O. The van der Waals surface area contributed by atoms with Crippen LogP contribution in [-0.2, 0) is 13.0 Å². The second kappa shape index (κ2) is 6.95. The number of hydrogen-bond acceptors (Lipinski definition) is 3. The summed E-state index contributed by atoms with van der Waals surface area (Å²) in [5.74, 6) is 0.311. The van der Waals surface area contributed by atoms with Gasteiger partial charge in [-0.2, -0.15) is 0 Å². The quantitative estimate of drug-likeness (QED) is 0.941. The monoisotopic (exact) mass is 328 g/mol. The molecule has 2 aromatic rings. The zero-order valence-corrected chi connectivity index (χ0v) is 13.9. The molecule has 0 radical (unpaired) electrons. The molecule has 0 spiro atoms. The predicted molar refractivity (Wildman–Crippen MR) is 89.8 cm³/mol. The molecule has 0 fully saturated rings. The van der Waals surface area contributed by atoms with E-state index in [9.17, 15) is 9.18 Å². The molecule has 0 aliphatic carbocycles. The Kier molecular flexibility index (Phi) is 4.74. The van der Waals surface area contributed by atoms with Gasteiger partial charge in [-0.25, -0.2) is 19.2 Å². The van der Waals surface area contributed by atoms with Crippen molar-refractivity contribution < 1.29 is 9.18 Å². The normalized spacial score (nSPS) is 14.9. The average molecular weight is 328 g/mol. The van der Waals surface area contributed by atoms with Gasteiger partial charge in [0.15, 0.2) is 5.82 Å². The van der Waals surface area contributed by atoms with Gasteiger partial charge in [0, 0.05) is 36.3 Å². The lowest BCUT2D eigenvalue weighted by atomic mass is 10.1. The summed E-state index contributed by atoms with van der Waals surface area (Å²) >= 11 is 0. The van der Waals surface area contributed by atoms with Crippen LogP contribution in [0.2, 0.25) is 0 Å². The van der Waals surface area contributed by atoms with E-state index in [0.29, 0.717) is 25.3 Å². The first-order valence-corrected chi connectivity index (χ1v) is 8.23. The summed E-state index contributed by atoms with van der Waals surface area (Å²) in [6.07, 6.45) is 3.37. The van der Waals surface area contributed by atoms with Crippen LogP contribution in [0.4, 0.5) is 9.18 Å². The van der Waals surface area contributed by atoms with Gasteiger partial charge in [-0.15, -0.1) is 0 Å². The van der Waals surface area contributed by atoms with Crippen LogP contribution in [0.1, 0.15) is 31.5 Å². The number of amides is 2. The highest BCUT2D eigenvalue weighted by atomic mass is 19.1. The highest BCUT2D eigenvalue weighted by molar-refractivity contribution is 5.74. The molecule has 1 aliphatic rings. The summed E-state index contributed by atoms with van der Waals surface area (Å²) in [5, 5.41) is 2.98. The average Bonchev–Trinajstić information content (AvgIpc) is 2.61. The number of fused-ring (bicyclic) bond motifs is 1. The molecule has 3 rings (SSSR count). The highest BCUT2D eigenvalue weighted by Crippen LogP contribution is 2.21. The minimum atomic E-state index is -0.278. The fourth-order valence-corrected chi connectivity index (χ4v) is 2.63. The number of urea groups is 1. The van der Waals surface area contributed by atoms with Crippen molar-refractivity contribution in [1.82, 2.24) is 20.2 Å². The van der Waals surface area contributed by atoms with Crippen molar-refractivity contribution in [1.29, 1.82) is 0 Å². The molecule has 2 amide bonds. The smallest absolute Gasteiger partial charge is 0.317 e. The highest BCUT2D eigenvalue weighted by Gasteiger charge is 2.23. The van der Waals surface area contributed by atoms with E-state index in [2.05, 4.69) is 15.3 Å². The van der Waals surface area contributed by atoms with Crippen LogP contribution in [0.5, 0.6) is 0 Å². The van der Waals surface area contributed by atoms with Gasteiger partial charge in [-0.1, -0.05) is 6.92 Å². The summed E-state index contributed by atoms with van der Waals surface area (Å²) in [5.41, 5.74) is 2.71. The molecule has 5 nitrogen and oxygen atoms in total. The Bertz CT molecular complexity index is 732. The van der Waals surface area contributed by atoms with E-state index >= 15 is 0 Å². The molecular weight excluding hydrogens is 307 g/mol. The molecule has 1 aliphatic heterocycles. The molecule has 2 heterocycles. The first-order chi connectivity index (χ1) is 11.6. The number of carbonyl (C=O) groups is 1. The fraction of sp³-hybridized carbons (Fsp3) is 0.389. The maximum atomic E-state index is 13.0. The first kappa shape index (κ1) is 16.4. The topological polar surface area (TPSA) is 58.1 Å². The molecule has 1 aromatic carbocycles. The second-order valence-corrected chi connectivity index (χ2v) is 6.10. The van der Waals surface area contributed by atoms with Crippen LogP contribution in [0, 0.1) is 5.82 Å². The third-order valence-electron chi connectivity index (χ3n) is 4.31. The van der Waals surface area contributed by atoms with Crippen molar-refractivity contribution in [2.75, 3.05) is 6.54 Å². The number of aromatic nitrogens is 2. The summed E-state index contributed by atoms with van der Waals surface area (Å²) in [4.78, 5) is 23.0. The Morgan fingerprint density at radius 2 is 2.12 bits per heavy atom. The molecule has 24 heavy (non-hydrogen) atoms. The second-order valence-electron chi connectivity index (χ2n) is 6.10. The summed E-state index contributed by atoms with van der Waals surface area (Å²) in [6.45, 7) is 5.19. The molecule has 0 bridgehead atoms. The van der Waals surface area contributed by atoms with E-state index in [4.69, 9.17) is 0 Å². The van der Waals surface area contributed by atoms with E-state index in [1.165, 1.54) is 12.1 Å². The lowest BCUT2D eigenvalue weighted by molar-refractivity contribution is 0.188. The largest absolute Gasteiger partial charge is 0.336 e. The van der Waals surface area contributed by atoms with Crippen LogP contribution in [-0.4, -0.2) is 33.5 Å². The van der Waals surface area contributed by atoms with E-state index in [1.54, 1.807) is 23.2 Å². The van der Waals surface area contributed by atoms with Crippen LogP contribution < -0.4 is 5.32 Å². The van der Waals surface area contributed by atoms with E-state index in [-0.39, 0.29) is 17.9 Å². The van der Waals surface area contributed by atoms with Gasteiger partial charge in [0.25, 0.3) is 0 Å². The number of rotatable bonds is 3. The minimum absolute atomic E-state index is 0.0439. The van der Waals surface area contributed by atoms with Crippen LogP contribution in [0.3, 0.4) is 0 Å². The number of benzene rings is 1. The van der Waals surface area contributed by atoms with Gasteiger partial charge in [0.05, 0.1) is 12.2 Å². The van der Waals surface area contributed by atoms with E-state index in [0.717, 1.165) is 23.2 Å². The van der Waals surface area contributed by atoms with Crippen LogP contribution in [0.15, 0.2) is 30.5 Å². The van der Waals surface area contributed by atoms with E-state index in [1.807, 2.05) is 13.8 Å². The number of hydrogen-bond donors (Lipinski definition) is 1. The molecule has 126 valence electrons. The third kappa shape index (κ3) is 3.53. The molecule has 0 unspecified atom stereocenters. The number of halogens is 1. The maximum absolute atomic E-state index is 13.0. The predicted octanol–water partition coefficient (Wildman–Crippen LogP) is 3.15. The van der Waals surface area contributed by atoms with Crippen molar-refractivity contribution >= 4 is 6.03 Å². The van der Waals surface area contributed by atoms with Gasteiger partial charge in [0.2, 0.25) is 0 Å². The summed E-state index contributed by atoms with van der Waals surface area (Å²) < 4.78 is 13.0. The Morgan fingerprint density at radius 1 is 1.38 bits per heavy atom. The van der Waals surface area contributed by atoms with Crippen LogP contribution >= 0.6 is 0 Å². The third-order valence-corrected chi connectivity index (χ3v) is 4.31. The Labute approximate surface area is 140 Å². The summed E-state index contributed by atoms with van der Waals surface area (Å²) in [6, 6.07) is 6.27. The molecule has 1 aromatic heterocycles. The van der Waals surface area contributed by atoms with Crippen molar-refractivity contribution in [3.63, 3.8) is 0 Å². The molecule has 1 N–H and O–H groups in total. The standard InChI is InChI=1S/C18H21FN4O/c1-3-12(2)21-18(24)23-9-8-16-14(11-23)10-20-17(22-16)13-4-6-15(19)7-5-13/h4-7,10,12H,3,8-9,11H2,1-2H3,(H,21,24)/t12-/m0/s1. The van der Waals surface area contributed by atoms with Crippen LogP contribution in [0.25, 0.3) is 11.4 Å². The Morgan fingerprint density at radius 3 is 2.83 bits per heavy atom. The lowest BCUT2D eigenvalue weighted by Crippen LogP contribution is -2.45. The van der Waals surface area contributed by atoms with Gasteiger partial charge in [-0.3, -0.25) is 0 Å². The zero-order valence-electron chi connectivity index (χ0n) is 13.9. The SMILES string of the molecule is CC[C@H](C)NC(=O)N1CCc2nc(-c3ccc(F)cc3)ncc2C1. The van der Waals surface area contributed by atoms with Crippen molar-refractivity contribution in [2.45, 2.75) is 39.3 Å². The Balaban J connectivity index is 1.74. The van der Waals surface area contributed by atoms with Crippen molar-refractivity contribution in [3.05, 3.63) is 47.5 Å². The maximum Gasteiger partial charge on any atom is 0.317 e. The van der Waals surface area contributed by atoms with Gasteiger partial charge in [0.1, 0.15) is 5.82 Å². The number of carbonyl (C=O) groups excluding carboxylic acids is 1. The fourth-order valence-electron chi connectivity index (χ4n) is 2.63. The number of nitrogens with one attached hydrogen (secondary N) is 1. The Hall–Kier alpha value is -2.50. The molecule has 0 saturated heterocycles.